The fourth-order valence-electron chi connectivity index (χ4n) is 4.87. The van der Waals surface area contributed by atoms with Crippen LogP contribution in [-0.4, -0.2) is 12.7 Å². The van der Waals surface area contributed by atoms with Crippen LogP contribution in [0.3, 0.4) is 0 Å². The average Bonchev–Trinajstić information content (AvgIpc) is 2.54. The van der Waals surface area contributed by atoms with Crippen molar-refractivity contribution in [2.24, 2.45) is 17.3 Å². The van der Waals surface area contributed by atoms with Crippen LogP contribution < -0.4 is 0 Å². The van der Waals surface area contributed by atoms with Crippen LogP contribution in [0, 0.1) is 17.3 Å². The van der Waals surface area contributed by atoms with Gasteiger partial charge in [-0.2, -0.15) is 0 Å². The minimum atomic E-state index is 0.583. The van der Waals surface area contributed by atoms with E-state index in [-0.39, 0.29) is 0 Å². The molecular formula is C21H40O. The van der Waals surface area contributed by atoms with Gasteiger partial charge in [0.15, 0.2) is 0 Å². The molecule has 0 radical (unpaired) electrons. The van der Waals surface area contributed by atoms with E-state index in [0.717, 1.165) is 18.4 Å². The molecule has 0 saturated heterocycles. The largest absolute Gasteiger partial charge is 0.378 e. The Kier molecular flexibility index (Phi) is 7.74. The molecule has 1 heteroatoms. The van der Waals surface area contributed by atoms with Crippen molar-refractivity contribution in [3.8, 4) is 0 Å². The second kappa shape index (κ2) is 9.30. The summed E-state index contributed by atoms with van der Waals surface area (Å²) in [5.41, 5.74) is 0.674. The van der Waals surface area contributed by atoms with Gasteiger partial charge in [-0.15, -0.1) is 0 Å². The van der Waals surface area contributed by atoms with Gasteiger partial charge in [-0.3, -0.25) is 0 Å². The summed E-state index contributed by atoms with van der Waals surface area (Å²) in [5.74, 6) is 2.05. The molecule has 0 amide bonds. The summed E-state index contributed by atoms with van der Waals surface area (Å²) in [4.78, 5) is 0. The normalized spacial score (nSPS) is 36.4. The lowest BCUT2D eigenvalue weighted by Gasteiger charge is -2.42. The fraction of sp³-hybridized carbons (Fsp3) is 1.00. The van der Waals surface area contributed by atoms with E-state index < -0.39 is 0 Å². The summed E-state index contributed by atoms with van der Waals surface area (Å²) in [6.07, 6.45) is 19.0. The Hall–Kier alpha value is -0.0400. The maximum atomic E-state index is 5.96. The lowest BCUT2D eigenvalue weighted by Crippen LogP contribution is -2.31. The van der Waals surface area contributed by atoms with E-state index >= 15 is 0 Å². The minimum Gasteiger partial charge on any atom is -0.378 e. The van der Waals surface area contributed by atoms with E-state index in [4.69, 9.17) is 4.74 Å². The maximum Gasteiger partial charge on any atom is 0.0575 e. The van der Waals surface area contributed by atoms with Crippen LogP contribution in [0.15, 0.2) is 0 Å². The Labute approximate surface area is 139 Å². The number of hydrogen-bond acceptors (Lipinski definition) is 1. The van der Waals surface area contributed by atoms with Crippen LogP contribution in [-0.2, 0) is 4.74 Å². The van der Waals surface area contributed by atoms with Crippen molar-refractivity contribution in [2.75, 3.05) is 6.61 Å². The summed E-state index contributed by atoms with van der Waals surface area (Å²) in [6.45, 7) is 8.06. The van der Waals surface area contributed by atoms with Crippen molar-refractivity contribution >= 4 is 0 Å². The first-order valence-corrected chi connectivity index (χ1v) is 10.3. The fourth-order valence-corrected chi connectivity index (χ4v) is 4.87. The molecule has 130 valence electrons. The molecule has 1 nitrogen and oxygen atoms in total. The van der Waals surface area contributed by atoms with Gasteiger partial charge in [0.2, 0.25) is 0 Å². The molecule has 22 heavy (non-hydrogen) atoms. The summed E-state index contributed by atoms with van der Waals surface area (Å²) in [7, 11) is 0. The summed E-state index contributed by atoms with van der Waals surface area (Å²) >= 11 is 0. The Morgan fingerprint density at radius 2 is 1.45 bits per heavy atom. The van der Waals surface area contributed by atoms with Crippen LogP contribution in [0.4, 0.5) is 0 Å². The second-order valence-corrected chi connectivity index (χ2v) is 8.51. The van der Waals surface area contributed by atoms with E-state index in [1.807, 2.05) is 0 Å². The van der Waals surface area contributed by atoms with Crippen LogP contribution in [0.2, 0.25) is 0 Å². The molecule has 2 fully saturated rings. The summed E-state index contributed by atoms with van der Waals surface area (Å²) in [5, 5.41) is 0. The smallest absolute Gasteiger partial charge is 0.0575 e. The van der Waals surface area contributed by atoms with Gasteiger partial charge >= 0.3 is 0 Å². The molecule has 0 aliphatic heterocycles. The zero-order valence-corrected chi connectivity index (χ0v) is 15.5. The van der Waals surface area contributed by atoms with Crippen molar-refractivity contribution in [3.63, 3.8) is 0 Å². The standard InChI is InChI=1S/C21H40O/c1-4-6-7-14-21(3)15-12-19(13-16-21)18-8-10-20(11-9-18)22-17-5-2/h18-20H,4-17H2,1-3H3. The zero-order valence-electron chi connectivity index (χ0n) is 15.5. The third kappa shape index (κ3) is 5.55. The van der Waals surface area contributed by atoms with Crippen molar-refractivity contribution in [1.29, 1.82) is 0 Å². The SMILES string of the molecule is CCCCCC1(C)CCC(C2CCC(OCCC)CC2)CC1. The van der Waals surface area contributed by atoms with E-state index in [9.17, 15) is 0 Å². The quantitative estimate of drug-likeness (QED) is 0.451. The van der Waals surface area contributed by atoms with Crippen molar-refractivity contribution in [2.45, 2.75) is 110 Å². The molecule has 0 aromatic carbocycles. The van der Waals surface area contributed by atoms with Gasteiger partial charge in [0.1, 0.15) is 0 Å². The molecular weight excluding hydrogens is 268 g/mol. The van der Waals surface area contributed by atoms with Crippen molar-refractivity contribution in [3.05, 3.63) is 0 Å². The lowest BCUT2D eigenvalue weighted by atomic mass is 9.64. The monoisotopic (exact) mass is 308 g/mol. The first kappa shape index (κ1) is 18.3. The first-order valence-electron chi connectivity index (χ1n) is 10.3. The Balaban J connectivity index is 1.67. The van der Waals surface area contributed by atoms with Gasteiger partial charge in [-0.1, -0.05) is 40.0 Å². The molecule has 0 bridgehead atoms. The molecule has 0 N–H and O–H groups in total. The van der Waals surface area contributed by atoms with E-state index in [1.54, 1.807) is 0 Å². The highest BCUT2D eigenvalue weighted by Crippen LogP contribution is 2.47. The molecule has 0 atom stereocenters. The highest BCUT2D eigenvalue weighted by molar-refractivity contribution is 4.87. The summed E-state index contributed by atoms with van der Waals surface area (Å²) < 4.78 is 5.96. The molecule has 0 heterocycles. The Morgan fingerprint density at radius 1 is 0.818 bits per heavy atom. The third-order valence-corrected chi connectivity index (χ3v) is 6.56. The van der Waals surface area contributed by atoms with E-state index in [2.05, 4.69) is 20.8 Å². The summed E-state index contributed by atoms with van der Waals surface area (Å²) in [6, 6.07) is 0. The highest BCUT2D eigenvalue weighted by atomic mass is 16.5. The van der Waals surface area contributed by atoms with E-state index in [0.29, 0.717) is 11.5 Å². The third-order valence-electron chi connectivity index (χ3n) is 6.56. The van der Waals surface area contributed by atoms with Gasteiger partial charge in [-0.05, 0) is 81.5 Å². The zero-order chi connectivity index (χ0) is 15.8. The van der Waals surface area contributed by atoms with Crippen LogP contribution >= 0.6 is 0 Å². The van der Waals surface area contributed by atoms with E-state index in [1.165, 1.54) is 83.5 Å². The molecule has 2 saturated carbocycles. The average molecular weight is 309 g/mol. The maximum absolute atomic E-state index is 5.96. The molecule has 2 aliphatic rings. The minimum absolute atomic E-state index is 0.583. The molecule has 2 rings (SSSR count). The van der Waals surface area contributed by atoms with Gasteiger partial charge in [0, 0.05) is 6.61 Å². The van der Waals surface area contributed by atoms with Crippen molar-refractivity contribution < 1.29 is 4.74 Å². The van der Waals surface area contributed by atoms with Crippen LogP contribution in [0.1, 0.15) is 104 Å². The van der Waals surface area contributed by atoms with Gasteiger partial charge in [0.25, 0.3) is 0 Å². The highest BCUT2D eigenvalue weighted by Gasteiger charge is 2.35. The van der Waals surface area contributed by atoms with Gasteiger partial charge < -0.3 is 4.74 Å². The molecule has 0 spiro atoms. The predicted octanol–water partition coefficient (Wildman–Crippen LogP) is 6.75. The predicted molar refractivity (Wildman–Crippen MR) is 96.2 cm³/mol. The first-order chi connectivity index (χ1) is 10.7. The van der Waals surface area contributed by atoms with Crippen LogP contribution in [0.25, 0.3) is 0 Å². The Morgan fingerprint density at radius 3 is 2.05 bits per heavy atom. The molecule has 0 aromatic heterocycles. The van der Waals surface area contributed by atoms with Crippen LogP contribution in [0.5, 0.6) is 0 Å². The number of hydrogen-bond donors (Lipinski definition) is 0. The molecule has 0 aromatic rings. The topological polar surface area (TPSA) is 9.23 Å². The van der Waals surface area contributed by atoms with Gasteiger partial charge in [0.05, 0.1) is 6.10 Å². The second-order valence-electron chi connectivity index (χ2n) is 8.51. The van der Waals surface area contributed by atoms with Crippen molar-refractivity contribution in [1.82, 2.24) is 0 Å². The molecule has 2 aliphatic carbocycles. The van der Waals surface area contributed by atoms with Gasteiger partial charge in [-0.25, -0.2) is 0 Å². The number of unbranched alkanes of at least 4 members (excludes halogenated alkanes) is 2. The lowest BCUT2D eigenvalue weighted by molar-refractivity contribution is 0.00394. The number of ether oxygens (including phenoxy) is 1. The molecule has 0 unspecified atom stereocenters. The number of rotatable bonds is 8. The Bertz CT molecular complexity index is 282.